The average Bonchev–Trinajstić information content (AvgIpc) is 2.36. The van der Waals surface area contributed by atoms with Gasteiger partial charge in [-0.05, 0) is 0 Å². The van der Waals surface area contributed by atoms with E-state index in [1.165, 1.54) is 0 Å². The first-order chi connectivity index (χ1) is 11.2. The van der Waals surface area contributed by atoms with Gasteiger partial charge in [-0.15, -0.1) is 0 Å². The highest BCUT2D eigenvalue weighted by Crippen LogP contribution is 2.51. The van der Waals surface area contributed by atoms with Gasteiger partial charge >= 0.3 is 42.1 Å². The second-order valence-corrected chi connectivity index (χ2v) is 4.81. The third-order valence-corrected chi connectivity index (χ3v) is 3.34. The monoisotopic (exact) mass is 418 g/mol. The van der Waals surface area contributed by atoms with Gasteiger partial charge in [-0.1, -0.05) is 13.8 Å². The molecule has 0 N–H and O–H groups in total. The van der Waals surface area contributed by atoms with Crippen LogP contribution in [-0.2, 0) is 9.47 Å². The van der Waals surface area contributed by atoms with Crippen molar-refractivity contribution >= 4 is 6.16 Å². The van der Waals surface area contributed by atoms with Crippen molar-refractivity contribution in [2.45, 2.75) is 62.6 Å². The van der Waals surface area contributed by atoms with Crippen LogP contribution < -0.4 is 0 Å². The Hall–Kier alpha value is -1.57. The molecule has 156 valence electrons. The van der Waals surface area contributed by atoms with E-state index in [2.05, 4.69) is 9.47 Å². The molecule has 0 saturated carbocycles. The molecule has 0 aromatic heterocycles. The van der Waals surface area contributed by atoms with Crippen LogP contribution in [0.1, 0.15) is 26.7 Å². The molecule has 3 nitrogen and oxygen atoms in total. The molecule has 0 aromatic carbocycles. The first kappa shape index (κ1) is 24.4. The van der Waals surface area contributed by atoms with Crippen molar-refractivity contribution in [3.8, 4) is 0 Å². The number of carbonyl (C=O) groups excluding carboxylic acids is 1. The van der Waals surface area contributed by atoms with Gasteiger partial charge in [0.05, 0.1) is 0 Å². The summed E-state index contributed by atoms with van der Waals surface area (Å²) < 4.78 is 159. The van der Waals surface area contributed by atoms with Crippen molar-refractivity contribution in [3.63, 3.8) is 0 Å². The Bertz CT molecular complexity index is 427. The molecule has 26 heavy (non-hydrogen) atoms. The smallest absolute Gasteiger partial charge is 0.408 e. The van der Waals surface area contributed by atoms with Gasteiger partial charge in [0.1, 0.15) is 0 Å². The van der Waals surface area contributed by atoms with Crippen LogP contribution in [-0.4, -0.2) is 42.1 Å². The lowest BCUT2D eigenvalue weighted by molar-refractivity contribution is -0.389. The van der Waals surface area contributed by atoms with E-state index < -0.39 is 54.9 Å². The Morgan fingerprint density at radius 3 is 0.885 bits per heavy atom. The Morgan fingerprint density at radius 2 is 0.769 bits per heavy atom. The molecular weight excluding hydrogens is 408 g/mol. The van der Waals surface area contributed by atoms with Crippen LogP contribution >= 0.6 is 0 Å². The fraction of sp³-hybridized carbons (Fsp3) is 0.909. The van der Waals surface area contributed by atoms with Gasteiger partial charge in [0.15, 0.2) is 0 Å². The predicted octanol–water partition coefficient (Wildman–Crippen LogP) is 5.69. The van der Waals surface area contributed by atoms with Crippen molar-refractivity contribution in [3.05, 3.63) is 0 Å². The Labute approximate surface area is 137 Å². The van der Waals surface area contributed by atoms with Crippen LogP contribution in [0.5, 0.6) is 0 Å². The van der Waals surface area contributed by atoms with Gasteiger partial charge < -0.3 is 9.47 Å². The summed E-state index contributed by atoms with van der Waals surface area (Å²) in [6, 6.07) is 0. The lowest BCUT2D eigenvalue weighted by atomic mass is 9.98. The predicted molar refractivity (Wildman–Crippen MR) is 57.8 cm³/mol. The molecule has 0 atom stereocenters. The summed E-state index contributed by atoms with van der Waals surface area (Å²) in [5, 5.41) is 0. The number of hydrogen-bond donors (Lipinski definition) is 0. The minimum Gasteiger partial charge on any atom is -0.408 e. The molecule has 0 aromatic rings. The van der Waals surface area contributed by atoms with Crippen molar-refractivity contribution in [1.29, 1.82) is 0 Å². The molecule has 0 aliphatic heterocycles. The molecule has 0 fully saturated rings. The molecule has 0 saturated heterocycles. The Morgan fingerprint density at radius 1 is 0.577 bits per heavy atom. The van der Waals surface area contributed by atoms with Crippen molar-refractivity contribution in [2.24, 2.45) is 0 Å². The average molecular weight is 418 g/mol. The minimum atomic E-state index is -6.40. The number of hydrogen-bond acceptors (Lipinski definition) is 3. The zero-order chi connectivity index (χ0) is 21.4. The van der Waals surface area contributed by atoms with Crippen molar-refractivity contribution in [1.82, 2.24) is 0 Å². The fourth-order valence-corrected chi connectivity index (χ4v) is 1.80. The summed E-state index contributed by atoms with van der Waals surface area (Å²) >= 11 is 0. The van der Waals surface area contributed by atoms with Crippen molar-refractivity contribution in [2.75, 3.05) is 0 Å². The lowest BCUT2D eigenvalue weighted by Crippen LogP contribution is -2.62. The van der Waals surface area contributed by atoms with Gasteiger partial charge in [0, 0.05) is 12.8 Å². The molecular formula is C11H10F12O3. The molecule has 0 spiro atoms. The number of rotatable bonds is 4. The van der Waals surface area contributed by atoms with Crippen LogP contribution in [0.2, 0.25) is 0 Å². The van der Waals surface area contributed by atoms with Crippen LogP contribution in [0.25, 0.3) is 0 Å². The largest absolute Gasteiger partial charge is 0.510 e. The van der Waals surface area contributed by atoms with Crippen LogP contribution in [0.3, 0.4) is 0 Å². The topological polar surface area (TPSA) is 35.5 Å². The van der Waals surface area contributed by atoms with E-state index in [-0.39, 0.29) is 13.8 Å². The summed E-state index contributed by atoms with van der Waals surface area (Å²) in [5.41, 5.74) is -10.7. The number of ether oxygens (including phenoxy) is 2. The van der Waals surface area contributed by atoms with E-state index in [1.807, 2.05) is 0 Å². The summed E-state index contributed by atoms with van der Waals surface area (Å²) in [5.74, 6) is 0. The summed E-state index contributed by atoms with van der Waals surface area (Å²) in [6.45, 7) is 0.406. The molecule has 0 amide bonds. The van der Waals surface area contributed by atoms with E-state index in [0.29, 0.717) is 0 Å². The van der Waals surface area contributed by atoms with Gasteiger partial charge in [-0.25, -0.2) is 4.79 Å². The van der Waals surface area contributed by atoms with Crippen molar-refractivity contribution < 1.29 is 67.0 Å². The Balaban J connectivity index is 6.07. The maximum absolute atomic E-state index is 12.7. The molecule has 0 unspecified atom stereocenters. The zero-order valence-corrected chi connectivity index (χ0v) is 12.7. The number of carbonyl (C=O) groups is 1. The molecule has 15 heteroatoms. The summed E-state index contributed by atoms with van der Waals surface area (Å²) in [6.07, 6.45) is -33.2. The molecule has 0 aliphatic carbocycles. The number of halogens is 12. The molecule has 0 radical (unpaired) electrons. The van der Waals surface area contributed by atoms with E-state index in [4.69, 9.17) is 0 Å². The summed E-state index contributed by atoms with van der Waals surface area (Å²) in [4.78, 5) is 11.1. The Kier molecular flexibility index (Phi) is 6.45. The molecule has 0 heterocycles. The third-order valence-electron chi connectivity index (χ3n) is 3.34. The first-order valence-electron chi connectivity index (χ1n) is 6.41. The number of alkyl halides is 12. The normalized spacial score (nSPS) is 15.0. The molecule has 0 bridgehead atoms. The fourth-order valence-electron chi connectivity index (χ4n) is 1.80. The quantitative estimate of drug-likeness (QED) is 0.435. The van der Waals surface area contributed by atoms with Gasteiger partial charge in [0.25, 0.3) is 0 Å². The van der Waals surface area contributed by atoms with Gasteiger partial charge in [-0.2, -0.15) is 52.7 Å². The molecule has 0 aliphatic rings. The highest BCUT2D eigenvalue weighted by molar-refractivity contribution is 5.62. The van der Waals surface area contributed by atoms with Crippen LogP contribution in [0, 0.1) is 0 Å². The zero-order valence-electron chi connectivity index (χ0n) is 12.7. The van der Waals surface area contributed by atoms with E-state index in [0.717, 1.165) is 0 Å². The standard InChI is InChI=1S/C11H10F12O3/c1-3-6(8(12,13)14,9(15,16)17)25-5(24)26-7(4-2,10(18,19)20)11(21,22)23/h3-4H2,1-2H3. The SMILES string of the molecule is CCC(OC(=O)OC(CC)(C(F)(F)F)C(F)(F)F)(C(F)(F)F)C(F)(F)F. The highest BCUT2D eigenvalue weighted by atomic mass is 19.4. The second kappa shape index (κ2) is 6.87. The minimum absolute atomic E-state index is 0.203. The second-order valence-electron chi connectivity index (χ2n) is 4.81. The maximum atomic E-state index is 12.7. The molecule has 0 rings (SSSR count). The van der Waals surface area contributed by atoms with Gasteiger partial charge in [0.2, 0.25) is 0 Å². The van der Waals surface area contributed by atoms with E-state index in [9.17, 15) is 57.5 Å². The van der Waals surface area contributed by atoms with Gasteiger partial charge in [-0.3, -0.25) is 0 Å². The van der Waals surface area contributed by atoms with E-state index >= 15 is 0 Å². The maximum Gasteiger partial charge on any atom is 0.510 e. The highest BCUT2D eigenvalue weighted by Gasteiger charge is 2.76. The van der Waals surface area contributed by atoms with E-state index in [1.54, 1.807) is 0 Å². The lowest BCUT2D eigenvalue weighted by Gasteiger charge is -2.38. The third kappa shape index (κ3) is 4.05. The summed E-state index contributed by atoms with van der Waals surface area (Å²) in [7, 11) is 0. The van der Waals surface area contributed by atoms with Crippen LogP contribution in [0.15, 0.2) is 0 Å². The first-order valence-corrected chi connectivity index (χ1v) is 6.41. The van der Waals surface area contributed by atoms with Crippen LogP contribution in [0.4, 0.5) is 57.5 Å².